The van der Waals surface area contributed by atoms with Gasteiger partial charge < -0.3 is 10.2 Å². The van der Waals surface area contributed by atoms with Gasteiger partial charge in [0, 0.05) is 37.6 Å². The van der Waals surface area contributed by atoms with Crippen LogP contribution >= 0.6 is 35.4 Å². The highest BCUT2D eigenvalue weighted by molar-refractivity contribution is 7.80. The third-order valence-electron chi connectivity index (χ3n) is 3.57. The molecule has 2 rings (SSSR count). The highest BCUT2D eigenvalue weighted by atomic mass is 35.5. The average molecular weight is 357 g/mol. The highest BCUT2D eigenvalue weighted by Crippen LogP contribution is 2.25. The molecule has 0 saturated heterocycles. The van der Waals surface area contributed by atoms with Crippen LogP contribution in [0, 0.1) is 13.8 Å². The summed E-state index contributed by atoms with van der Waals surface area (Å²) in [4.78, 5) is 1.97. The SMILES string of the molecule is Cc1nn(C)c(C)c1CN(C)C(=S)Nc1ccc(Cl)c(Cl)c1. The molecular weight excluding hydrogens is 339 g/mol. The summed E-state index contributed by atoms with van der Waals surface area (Å²) in [5, 5.41) is 9.22. The van der Waals surface area contributed by atoms with E-state index < -0.39 is 0 Å². The van der Waals surface area contributed by atoms with Gasteiger partial charge in [-0.15, -0.1) is 0 Å². The van der Waals surface area contributed by atoms with Crippen molar-refractivity contribution in [2.45, 2.75) is 20.4 Å². The van der Waals surface area contributed by atoms with E-state index in [9.17, 15) is 0 Å². The Hall–Kier alpha value is -1.30. The molecule has 0 aliphatic rings. The fourth-order valence-electron chi connectivity index (χ4n) is 2.15. The van der Waals surface area contributed by atoms with Gasteiger partial charge >= 0.3 is 0 Å². The first kappa shape index (κ1) is 17.1. The molecule has 0 fully saturated rings. The van der Waals surface area contributed by atoms with Crippen molar-refractivity contribution in [1.82, 2.24) is 14.7 Å². The Labute approximate surface area is 146 Å². The fourth-order valence-corrected chi connectivity index (χ4v) is 2.63. The molecule has 1 aromatic carbocycles. The van der Waals surface area contributed by atoms with Gasteiger partial charge in [0.1, 0.15) is 0 Å². The molecule has 22 heavy (non-hydrogen) atoms. The molecule has 0 saturated carbocycles. The lowest BCUT2D eigenvalue weighted by Gasteiger charge is -2.21. The highest BCUT2D eigenvalue weighted by Gasteiger charge is 2.13. The lowest BCUT2D eigenvalue weighted by molar-refractivity contribution is 0.505. The van der Waals surface area contributed by atoms with Crippen LogP contribution in [0.1, 0.15) is 17.0 Å². The number of hydrogen-bond acceptors (Lipinski definition) is 2. The lowest BCUT2D eigenvalue weighted by atomic mass is 10.2. The Morgan fingerprint density at radius 2 is 2.00 bits per heavy atom. The molecule has 1 heterocycles. The number of benzene rings is 1. The van der Waals surface area contributed by atoms with Crippen LogP contribution in [0.2, 0.25) is 10.0 Å². The van der Waals surface area contributed by atoms with E-state index in [1.807, 2.05) is 36.7 Å². The second kappa shape index (κ2) is 6.86. The Morgan fingerprint density at radius 1 is 1.32 bits per heavy atom. The van der Waals surface area contributed by atoms with Crippen LogP contribution in [-0.2, 0) is 13.6 Å². The summed E-state index contributed by atoms with van der Waals surface area (Å²) in [6, 6.07) is 5.34. The third-order valence-corrected chi connectivity index (χ3v) is 4.72. The molecule has 0 unspecified atom stereocenters. The first-order valence-corrected chi connectivity index (χ1v) is 7.92. The summed E-state index contributed by atoms with van der Waals surface area (Å²) < 4.78 is 1.88. The van der Waals surface area contributed by atoms with Crippen molar-refractivity contribution < 1.29 is 0 Å². The molecule has 4 nitrogen and oxygen atoms in total. The minimum absolute atomic E-state index is 0.496. The van der Waals surface area contributed by atoms with Crippen LogP contribution in [-0.4, -0.2) is 26.8 Å². The molecule has 7 heteroatoms. The summed E-state index contributed by atoms with van der Waals surface area (Å²) >= 11 is 17.4. The fraction of sp³-hybridized carbons (Fsp3) is 0.333. The third kappa shape index (κ3) is 3.72. The average Bonchev–Trinajstić information content (AvgIpc) is 2.69. The summed E-state index contributed by atoms with van der Waals surface area (Å²) in [6.45, 7) is 4.75. The Morgan fingerprint density at radius 3 is 2.55 bits per heavy atom. The predicted molar refractivity (Wildman–Crippen MR) is 96.8 cm³/mol. The van der Waals surface area contributed by atoms with Gasteiger partial charge in [-0.2, -0.15) is 5.10 Å². The topological polar surface area (TPSA) is 33.1 Å². The van der Waals surface area contributed by atoms with Crippen molar-refractivity contribution in [2.75, 3.05) is 12.4 Å². The molecule has 0 aliphatic heterocycles. The van der Waals surface area contributed by atoms with Gasteiger partial charge in [-0.25, -0.2) is 0 Å². The number of halogens is 2. The van der Waals surface area contributed by atoms with Crippen molar-refractivity contribution in [3.05, 3.63) is 45.2 Å². The number of anilines is 1. The van der Waals surface area contributed by atoms with Gasteiger partial charge in [0.25, 0.3) is 0 Å². The number of thiocarbonyl (C=S) groups is 1. The van der Waals surface area contributed by atoms with E-state index in [2.05, 4.69) is 17.3 Å². The van der Waals surface area contributed by atoms with Crippen LogP contribution in [0.4, 0.5) is 5.69 Å². The van der Waals surface area contributed by atoms with Crippen molar-refractivity contribution in [2.24, 2.45) is 7.05 Å². The van der Waals surface area contributed by atoms with Crippen molar-refractivity contribution in [3.63, 3.8) is 0 Å². The molecule has 0 amide bonds. The maximum absolute atomic E-state index is 6.01. The van der Waals surface area contributed by atoms with Crippen LogP contribution in [0.15, 0.2) is 18.2 Å². The second-order valence-corrected chi connectivity index (χ2v) is 6.39. The molecule has 1 N–H and O–H groups in total. The van der Waals surface area contributed by atoms with Gasteiger partial charge in [-0.05, 0) is 44.3 Å². The normalized spacial score (nSPS) is 10.6. The van der Waals surface area contributed by atoms with Crippen molar-refractivity contribution >= 4 is 46.2 Å². The zero-order valence-corrected chi connectivity index (χ0v) is 15.3. The zero-order chi connectivity index (χ0) is 16.4. The predicted octanol–water partition coefficient (Wildman–Crippen LogP) is 4.17. The van der Waals surface area contributed by atoms with E-state index in [4.69, 9.17) is 35.4 Å². The van der Waals surface area contributed by atoms with Crippen molar-refractivity contribution in [1.29, 1.82) is 0 Å². The number of aryl methyl sites for hydroxylation is 2. The van der Waals surface area contributed by atoms with E-state index in [1.54, 1.807) is 12.1 Å². The van der Waals surface area contributed by atoms with E-state index >= 15 is 0 Å². The molecule has 2 aromatic rings. The van der Waals surface area contributed by atoms with Gasteiger partial charge in [0.15, 0.2) is 5.11 Å². The Balaban J connectivity index is 2.07. The summed E-state index contributed by atoms with van der Waals surface area (Å²) in [6.07, 6.45) is 0. The number of nitrogens with one attached hydrogen (secondary N) is 1. The van der Waals surface area contributed by atoms with Crippen LogP contribution in [0.25, 0.3) is 0 Å². The summed E-state index contributed by atoms with van der Waals surface area (Å²) in [5.74, 6) is 0. The van der Waals surface area contributed by atoms with Gasteiger partial charge in [0.05, 0.1) is 15.7 Å². The van der Waals surface area contributed by atoms with E-state index in [1.165, 1.54) is 5.56 Å². The number of hydrogen-bond donors (Lipinski definition) is 1. The smallest absolute Gasteiger partial charge is 0.173 e. The Kier molecular flexibility index (Phi) is 5.32. The first-order valence-electron chi connectivity index (χ1n) is 6.76. The minimum atomic E-state index is 0.496. The number of aromatic nitrogens is 2. The zero-order valence-electron chi connectivity index (χ0n) is 12.9. The summed E-state index contributed by atoms with van der Waals surface area (Å²) in [5.41, 5.74) is 4.15. The molecule has 0 radical (unpaired) electrons. The maximum atomic E-state index is 6.01. The van der Waals surface area contributed by atoms with E-state index in [0.717, 1.165) is 17.1 Å². The van der Waals surface area contributed by atoms with Crippen LogP contribution in [0.5, 0.6) is 0 Å². The Bertz CT molecular complexity index is 712. The first-order chi connectivity index (χ1) is 10.3. The van der Waals surface area contributed by atoms with E-state index in [-0.39, 0.29) is 0 Å². The standard InChI is InChI=1S/C15H18Cl2N4S/c1-9-12(10(2)21(4)19-9)8-20(3)15(22)18-11-5-6-13(16)14(17)7-11/h5-7H,8H2,1-4H3,(H,18,22). The molecule has 0 bridgehead atoms. The maximum Gasteiger partial charge on any atom is 0.173 e. The van der Waals surface area contributed by atoms with Gasteiger partial charge in [-0.1, -0.05) is 23.2 Å². The van der Waals surface area contributed by atoms with Gasteiger partial charge in [0.2, 0.25) is 0 Å². The monoisotopic (exact) mass is 356 g/mol. The second-order valence-electron chi connectivity index (χ2n) is 5.19. The molecule has 0 spiro atoms. The molecular formula is C15H18Cl2N4S. The number of rotatable bonds is 3. The molecule has 0 atom stereocenters. The minimum Gasteiger partial charge on any atom is -0.348 e. The largest absolute Gasteiger partial charge is 0.348 e. The summed E-state index contributed by atoms with van der Waals surface area (Å²) in [7, 11) is 3.89. The lowest BCUT2D eigenvalue weighted by Crippen LogP contribution is -2.31. The van der Waals surface area contributed by atoms with E-state index in [0.29, 0.717) is 21.7 Å². The number of nitrogens with zero attached hydrogens (tertiary/aromatic N) is 3. The molecule has 1 aromatic heterocycles. The van der Waals surface area contributed by atoms with Crippen LogP contribution in [0.3, 0.4) is 0 Å². The van der Waals surface area contributed by atoms with Crippen molar-refractivity contribution in [3.8, 4) is 0 Å². The molecule has 118 valence electrons. The van der Waals surface area contributed by atoms with Crippen LogP contribution < -0.4 is 5.32 Å². The molecule has 0 aliphatic carbocycles. The quantitative estimate of drug-likeness (QED) is 0.836. The van der Waals surface area contributed by atoms with Gasteiger partial charge in [-0.3, -0.25) is 4.68 Å².